The first-order valence-electron chi connectivity index (χ1n) is 13.2. The molecular weight excluding hydrogens is 474 g/mol. The minimum atomic E-state index is -1.02. The van der Waals surface area contributed by atoms with Crippen LogP contribution in [-0.4, -0.2) is 61.9 Å². The maximum Gasteiger partial charge on any atom is 0.341 e. The summed E-state index contributed by atoms with van der Waals surface area (Å²) in [6.07, 6.45) is 5.98. The van der Waals surface area contributed by atoms with E-state index in [9.17, 15) is 9.59 Å². The molecule has 1 aliphatic rings. The molecule has 37 heavy (non-hydrogen) atoms. The number of amides is 1. The van der Waals surface area contributed by atoms with Gasteiger partial charge in [-0.3, -0.25) is 4.79 Å². The molecule has 0 atom stereocenters. The van der Waals surface area contributed by atoms with Crippen molar-refractivity contribution < 1.29 is 33.6 Å². The molecule has 1 fully saturated rings. The van der Waals surface area contributed by atoms with Gasteiger partial charge in [0, 0.05) is 30.6 Å². The topological polar surface area (TPSA) is 94.5 Å². The van der Waals surface area contributed by atoms with Gasteiger partial charge in [-0.25, -0.2) is 4.79 Å². The highest BCUT2D eigenvalue weighted by molar-refractivity contribution is 5.98. The molecule has 0 unspecified atom stereocenters. The standard InChI is InChI=1S/C29H39NO7/c1-4-10-21-24(12-8-13-25(21)37-20-27(31)32)35-18-9-19-36-26-15-14-23(28(34-3)22(26)11-5-2)29(33)30-16-6-7-17-30/h8,12-15H,4-7,9-11,16-20H2,1-3H3,(H,31,32). The Kier molecular flexibility index (Phi) is 10.9. The number of hydrogen-bond acceptors (Lipinski definition) is 6. The molecule has 0 saturated carbocycles. The van der Waals surface area contributed by atoms with Gasteiger partial charge < -0.3 is 29.0 Å². The van der Waals surface area contributed by atoms with Crippen molar-refractivity contribution in [3.8, 4) is 23.0 Å². The van der Waals surface area contributed by atoms with Gasteiger partial charge in [0.1, 0.15) is 23.0 Å². The molecular formula is C29H39NO7. The first-order chi connectivity index (χ1) is 18.0. The molecule has 0 aliphatic carbocycles. The Morgan fingerprint density at radius 3 is 2.05 bits per heavy atom. The van der Waals surface area contributed by atoms with Crippen molar-refractivity contribution >= 4 is 11.9 Å². The van der Waals surface area contributed by atoms with Gasteiger partial charge in [-0.05, 0) is 49.9 Å². The number of ether oxygens (including phenoxy) is 4. The second kappa shape index (κ2) is 14.4. The molecule has 202 valence electrons. The van der Waals surface area contributed by atoms with Crippen molar-refractivity contribution in [2.75, 3.05) is 40.0 Å². The number of rotatable bonds is 15. The lowest BCUT2D eigenvalue weighted by Crippen LogP contribution is -2.28. The van der Waals surface area contributed by atoms with E-state index < -0.39 is 5.97 Å². The van der Waals surface area contributed by atoms with Crippen molar-refractivity contribution in [2.24, 2.45) is 0 Å². The summed E-state index contributed by atoms with van der Waals surface area (Å²) in [5.74, 6) is 1.57. The number of carboxylic acid groups (broad SMARTS) is 1. The molecule has 0 aromatic heterocycles. The summed E-state index contributed by atoms with van der Waals surface area (Å²) in [7, 11) is 1.61. The Balaban J connectivity index is 1.63. The molecule has 1 saturated heterocycles. The Hall–Kier alpha value is -3.42. The zero-order valence-corrected chi connectivity index (χ0v) is 22.2. The van der Waals surface area contributed by atoms with E-state index in [1.807, 2.05) is 23.1 Å². The molecule has 1 heterocycles. The predicted octanol–water partition coefficient (Wildman–Crippen LogP) is 5.15. The van der Waals surface area contributed by atoms with Crippen LogP contribution in [0.3, 0.4) is 0 Å². The predicted molar refractivity (Wildman–Crippen MR) is 141 cm³/mol. The number of carbonyl (C=O) groups is 2. The van der Waals surface area contributed by atoms with E-state index in [0.717, 1.165) is 68.5 Å². The van der Waals surface area contributed by atoms with Gasteiger partial charge in [0.05, 0.1) is 25.9 Å². The molecule has 0 spiro atoms. The highest BCUT2D eigenvalue weighted by atomic mass is 16.5. The summed E-state index contributed by atoms with van der Waals surface area (Å²) >= 11 is 0. The van der Waals surface area contributed by atoms with E-state index in [4.69, 9.17) is 24.1 Å². The van der Waals surface area contributed by atoms with Crippen molar-refractivity contribution in [3.63, 3.8) is 0 Å². The molecule has 1 amide bonds. The second-order valence-electron chi connectivity index (χ2n) is 9.09. The fraction of sp³-hybridized carbons (Fsp3) is 0.517. The van der Waals surface area contributed by atoms with E-state index in [1.165, 1.54) is 0 Å². The minimum Gasteiger partial charge on any atom is -0.495 e. The molecule has 0 bridgehead atoms. The van der Waals surface area contributed by atoms with Crippen LogP contribution in [0.5, 0.6) is 23.0 Å². The van der Waals surface area contributed by atoms with Crippen molar-refractivity contribution in [1.82, 2.24) is 4.90 Å². The fourth-order valence-corrected chi connectivity index (χ4v) is 4.60. The van der Waals surface area contributed by atoms with Crippen LogP contribution < -0.4 is 18.9 Å². The Morgan fingerprint density at radius 2 is 1.46 bits per heavy atom. The Bertz CT molecular complexity index is 1050. The average molecular weight is 514 g/mol. The highest BCUT2D eigenvalue weighted by Gasteiger charge is 2.25. The Morgan fingerprint density at radius 1 is 0.865 bits per heavy atom. The third kappa shape index (κ3) is 7.54. The van der Waals surface area contributed by atoms with Gasteiger partial charge in [-0.15, -0.1) is 0 Å². The lowest BCUT2D eigenvalue weighted by molar-refractivity contribution is -0.139. The van der Waals surface area contributed by atoms with Gasteiger partial charge in [0.25, 0.3) is 5.91 Å². The molecule has 1 N–H and O–H groups in total. The number of likely N-dealkylation sites (tertiary alicyclic amines) is 1. The molecule has 0 radical (unpaired) electrons. The van der Waals surface area contributed by atoms with Gasteiger partial charge in [-0.1, -0.05) is 32.8 Å². The first-order valence-corrected chi connectivity index (χ1v) is 13.2. The van der Waals surface area contributed by atoms with Crippen molar-refractivity contribution in [1.29, 1.82) is 0 Å². The number of nitrogens with zero attached hydrogens (tertiary/aromatic N) is 1. The maximum absolute atomic E-state index is 13.1. The normalized spacial score (nSPS) is 12.9. The van der Waals surface area contributed by atoms with Crippen LogP contribution in [-0.2, 0) is 17.6 Å². The molecule has 8 heteroatoms. The van der Waals surface area contributed by atoms with Crippen molar-refractivity contribution in [2.45, 2.75) is 58.8 Å². The highest BCUT2D eigenvalue weighted by Crippen LogP contribution is 2.35. The van der Waals surface area contributed by atoms with E-state index in [0.29, 0.717) is 42.4 Å². The summed E-state index contributed by atoms with van der Waals surface area (Å²) < 4.78 is 23.3. The summed E-state index contributed by atoms with van der Waals surface area (Å²) in [5, 5.41) is 8.94. The number of benzene rings is 2. The van der Waals surface area contributed by atoms with E-state index in [-0.39, 0.29) is 12.5 Å². The number of methoxy groups -OCH3 is 1. The van der Waals surface area contributed by atoms with E-state index in [1.54, 1.807) is 19.2 Å². The minimum absolute atomic E-state index is 0.0177. The van der Waals surface area contributed by atoms with Crippen molar-refractivity contribution in [3.05, 3.63) is 47.0 Å². The lowest BCUT2D eigenvalue weighted by Gasteiger charge is -2.21. The number of aliphatic carboxylic acids is 1. The number of carbonyl (C=O) groups excluding carboxylic acids is 1. The molecule has 2 aromatic carbocycles. The van der Waals surface area contributed by atoms with Gasteiger partial charge in [-0.2, -0.15) is 0 Å². The molecule has 8 nitrogen and oxygen atoms in total. The molecule has 1 aliphatic heterocycles. The third-order valence-electron chi connectivity index (χ3n) is 6.29. The number of carboxylic acids is 1. The largest absolute Gasteiger partial charge is 0.495 e. The van der Waals surface area contributed by atoms with Crippen LogP contribution in [0.2, 0.25) is 0 Å². The zero-order valence-electron chi connectivity index (χ0n) is 22.2. The van der Waals surface area contributed by atoms with Gasteiger partial charge >= 0.3 is 5.97 Å². The average Bonchev–Trinajstić information content (AvgIpc) is 3.44. The quantitative estimate of drug-likeness (QED) is 0.329. The summed E-state index contributed by atoms with van der Waals surface area (Å²) in [6.45, 7) is 6.21. The second-order valence-corrected chi connectivity index (χ2v) is 9.09. The zero-order chi connectivity index (χ0) is 26.6. The fourth-order valence-electron chi connectivity index (χ4n) is 4.60. The summed E-state index contributed by atoms with van der Waals surface area (Å²) in [6, 6.07) is 9.13. The molecule has 3 rings (SSSR count). The Labute approximate surface area is 219 Å². The maximum atomic E-state index is 13.1. The van der Waals surface area contributed by atoms with Crippen LogP contribution in [0.4, 0.5) is 0 Å². The van der Waals surface area contributed by atoms with E-state index in [2.05, 4.69) is 13.8 Å². The number of hydrogen-bond donors (Lipinski definition) is 1. The first kappa shape index (κ1) is 28.2. The SMILES string of the molecule is CCCc1c(OCCCOc2ccc(C(=O)N3CCCC3)c(OC)c2CCC)cccc1OCC(=O)O. The lowest BCUT2D eigenvalue weighted by atomic mass is 10.0. The van der Waals surface area contributed by atoms with Crippen LogP contribution in [0.1, 0.15) is 67.4 Å². The summed E-state index contributed by atoms with van der Waals surface area (Å²) in [4.78, 5) is 25.8. The van der Waals surface area contributed by atoms with E-state index >= 15 is 0 Å². The third-order valence-corrected chi connectivity index (χ3v) is 6.29. The van der Waals surface area contributed by atoms with Crippen LogP contribution in [0.25, 0.3) is 0 Å². The van der Waals surface area contributed by atoms with Gasteiger partial charge in [0.2, 0.25) is 0 Å². The monoisotopic (exact) mass is 513 g/mol. The van der Waals surface area contributed by atoms with Crippen LogP contribution in [0.15, 0.2) is 30.3 Å². The molecule has 2 aromatic rings. The van der Waals surface area contributed by atoms with Crippen LogP contribution in [0, 0.1) is 0 Å². The van der Waals surface area contributed by atoms with Gasteiger partial charge in [0.15, 0.2) is 6.61 Å². The van der Waals surface area contributed by atoms with Crippen LogP contribution >= 0.6 is 0 Å². The smallest absolute Gasteiger partial charge is 0.341 e. The summed E-state index contributed by atoms with van der Waals surface area (Å²) in [5.41, 5.74) is 2.39.